The van der Waals surface area contributed by atoms with E-state index in [0.717, 1.165) is 5.75 Å². The van der Waals surface area contributed by atoms with Gasteiger partial charge in [0.1, 0.15) is 5.75 Å². The molecular weight excluding hydrogens is 299 g/mol. The van der Waals surface area contributed by atoms with E-state index >= 15 is 0 Å². The lowest BCUT2D eigenvalue weighted by atomic mass is 10.2. The standard InChI is InChI=1S/C7H10N2O.C6H8N2.2ClH/c1-10-5-2-3-6(8)7(9)4-5;7-5-3-1-2-4-6(5)8;;/h2-4H,8-9H2,1H3;1-4H,7-8H2;2*1H. The molecule has 0 fully saturated rings. The topological polar surface area (TPSA) is 113 Å². The Balaban J connectivity index is 0. The highest BCUT2D eigenvalue weighted by atomic mass is 35.5. The lowest BCUT2D eigenvalue weighted by molar-refractivity contribution is 0.415. The van der Waals surface area contributed by atoms with Crippen LogP contribution in [0.4, 0.5) is 22.7 Å². The van der Waals surface area contributed by atoms with Gasteiger partial charge in [0.05, 0.1) is 29.9 Å². The molecule has 0 heterocycles. The first-order chi connectivity index (χ1) is 8.54. The number of ether oxygens (including phenoxy) is 1. The van der Waals surface area contributed by atoms with Crippen molar-refractivity contribution in [1.82, 2.24) is 0 Å². The Morgan fingerprint density at radius 1 is 0.700 bits per heavy atom. The summed E-state index contributed by atoms with van der Waals surface area (Å²) in [7, 11) is 1.59. The SMILES string of the molecule is COc1ccc(N)c(N)c1.Cl.Cl.Nc1ccccc1N. The van der Waals surface area contributed by atoms with Gasteiger partial charge in [-0.25, -0.2) is 0 Å². The molecule has 112 valence electrons. The van der Waals surface area contributed by atoms with Gasteiger partial charge in [0.25, 0.3) is 0 Å². The van der Waals surface area contributed by atoms with Crippen molar-refractivity contribution in [2.45, 2.75) is 0 Å². The highest BCUT2D eigenvalue weighted by Gasteiger charge is 1.94. The molecule has 0 spiro atoms. The van der Waals surface area contributed by atoms with Crippen LogP contribution in [0.25, 0.3) is 0 Å². The Hall–Kier alpha value is -1.98. The molecule has 0 bridgehead atoms. The van der Waals surface area contributed by atoms with Crippen molar-refractivity contribution >= 4 is 47.6 Å². The lowest BCUT2D eigenvalue weighted by Crippen LogP contribution is -1.94. The van der Waals surface area contributed by atoms with Crippen LogP contribution >= 0.6 is 24.8 Å². The molecule has 0 amide bonds. The predicted octanol–water partition coefficient (Wildman–Crippen LogP) is 2.55. The van der Waals surface area contributed by atoms with Crippen LogP contribution in [0.5, 0.6) is 5.75 Å². The van der Waals surface area contributed by atoms with E-state index in [9.17, 15) is 0 Å². The summed E-state index contributed by atoms with van der Waals surface area (Å²) in [6.07, 6.45) is 0. The Morgan fingerprint density at radius 3 is 1.50 bits per heavy atom. The van der Waals surface area contributed by atoms with Crippen LogP contribution < -0.4 is 27.7 Å². The molecule has 0 aliphatic carbocycles. The molecule has 0 unspecified atom stereocenters. The van der Waals surface area contributed by atoms with E-state index in [4.69, 9.17) is 27.7 Å². The number of para-hydroxylation sites is 2. The highest BCUT2D eigenvalue weighted by molar-refractivity contribution is 5.85. The molecule has 0 radical (unpaired) electrons. The predicted molar refractivity (Wildman–Crippen MR) is 91.6 cm³/mol. The van der Waals surface area contributed by atoms with Gasteiger partial charge in [-0.1, -0.05) is 12.1 Å². The first-order valence-electron chi connectivity index (χ1n) is 5.33. The van der Waals surface area contributed by atoms with E-state index in [1.807, 2.05) is 12.1 Å². The molecule has 20 heavy (non-hydrogen) atoms. The van der Waals surface area contributed by atoms with E-state index in [-0.39, 0.29) is 24.8 Å². The van der Waals surface area contributed by atoms with Crippen molar-refractivity contribution in [1.29, 1.82) is 0 Å². The van der Waals surface area contributed by atoms with Gasteiger partial charge in [-0.2, -0.15) is 0 Å². The third-order valence-corrected chi connectivity index (χ3v) is 2.29. The van der Waals surface area contributed by atoms with Gasteiger partial charge >= 0.3 is 0 Å². The van der Waals surface area contributed by atoms with Gasteiger partial charge in [0.15, 0.2) is 0 Å². The van der Waals surface area contributed by atoms with Crippen LogP contribution in [0.2, 0.25) is 0 Å². The maximum absolute atomic E-state index is 5.49. The van der Waals surface area contributed by atoms with Crippen molar-refractivity contribution in [2.24, 2.45) is 0 Å². The van der Waals surface area contributed by atoms with E-state index < -0.39 is 0 Å². The van der Waals surface area contributed by atoms with Crippen LogP contribution in [-0.2, 0) is 0 Å². The van der Waals surface area contributed by atoms with Gasteiger partial charge in [-0.3, -0.25) is 0 Å². The Labute approximate surface area is 131 Å². The normalized spacial score (nSPS) is 8.25. The minimum Gasteiger partial charge on any atom is -0.497 e. The van der Waals surface area contributed by atoms with E-state index in [0.29, 0.717) is 22.7 Å². The van der Waals surface area contributed by atoms with Crippen molar-refractivity contribution < 1.29 is 4.74 Å². The van der Waals surface area contributed by atoms with E-state index in [1.54, 1.807) is 37.4 Å². The molecule has 7 heteroatoms. The second-order valence-electron chi connectivity index (χ2n) is 3.62. The number of benzene rings is 2. The van der Waals surface area contributed by atoms with E-state index in [1.165, 1.54) is 0 Å². The molecule has 0 atom stereocenters. The van der Waals surface area contributed by atoms with Gasteiger partial charge in [-0.15, -0.1) is 24.8 Å². The molecule has 2 aromatic rings. The summed E-state index contributed by atoms with van der Waals surface area (Å²) < 4.78 is 4.91. The van der Waals surface area contributed by atoms with Crippen LogP contribution in [0.1, 0.15) is 0 Å². The number of hydrogen-bond donors (Lipinski definition) is 4. The zero-order chi connectivity index (χ0) is 13.5. The summed E-state index contributed by atoms with van der Waals surface area (Å²) >= 11 is 0. The fraction of sp³-hybridized carbons (Fsp3) is 0.0769. The summed E-state index contributed by atoms with van der Waals surface area (Å²) in [5, 5.41) is 0. The van der Waals surface area contributed by atoms with E-state index in [2.05, 4.69) is 0 Å². The second kappa shape index (κ2) is 9.89. The minimum atomic E-state index is 0. The number of halogens is 2. The Morgan fingerprint density at radius 2 is 1.15 bits per heavy atom. The van der Waals surface area contributed by atoms with Gasteiger partial charge in [0, 0.05) is 6.07 Å². The quantitative estimate of drug-likeness (QED) is 0.603. The third-order valence-electron chi connectivity index (χ3n) is 2.29. The molecule has 2 rings (SSSR count). The molecule has 0 aromatic heterocycles. The molecule has 5 nitrogen and oxygen atoms in total. The molecule has 0 aliphatic heterocycles. The third kappa shape index (κ3) is 6.26. The second-order valence-corrected chi connectivity index (χ2v) is 3.62. The molecular formula is C13H20Cl2N4O. The summed E-state index contributed by atoms with van der Waals surface area (Å²) in [5.41, 5.74) is 24.2. The first kappa shape index (κ1) is 20.3. The zero-order valence-corrected chi connectivity index (χ0v) is 12.7. The van der Waals surface area contributed by atoms with Crippen molar-refractivity contribution in [3.05, 3.63) is 42.5 Å². The largest absolute Gasteiger partial charge is 0.497 e. The smallest absolute Gasteiger partial charge is 0.121 e. The number of rotatable bonds is 1. The summed E-state index contributed by atoms with van der Waals surface area (Å²) in [6.45, 7) is 0. The van der Waals surface area contributed by atoms with Crippen LogP contribution in [0.15, 0.2) is 42.5 Å². The van der Waals surface area contributed by atoms with Gasteiger partial charge in [-0.05, 0) is 24.3 Å². The van der Waals surface area contributed by atoms with Gasteiger partial charge < -0.3 is 27.7 Å². The maximum atomic E-state index is 5.49. The number of nitrogens with two attached hydrogens (primary N) is 4. The maximum Gasteiger partial charge on any atom is 0.121 e. The zero-order valence-electron chi connectivity index (χ0n) is 11.1. The summed E-state index contributed by atoms with van der Waals surface area (Å²) in [6, 6.07) is 12.4. The summed E-state index contributed by atoms with van der Waals surface area (Å²) in [5.74, 6) is 0.728. The van der Waals surface area contributed by atoms with Crippen LogP contribution in [0.3, 0.4) is 0 Å². The number of nitrogen functional groups attached to an aromatic ring is 4. The molecule has 0 aliphatic rings. The van der Waals surface area contributed by atoms with Crippen molar-refractivity contribution in [3.63, 3.8) is 0 Å². The van der Waals surface area contributed by atoms with Crippen molar-refractivity contribution in [3.8, 4) is 5.75 Å². The molecule has 2 aromatic carbocycles. The minimum absolute atomic E-state index is 0. The fourth-order valence-electron chi connectivity index (χ4n) is 1.19. The number of methoxy groups -OCH3 is 1. The highest BCUT2D eigenvalue weighted by Crippen LogP contribution is 2.20. The Kier molecular flexibility index (Phi) is 10.1. The average molecular weight is 319 g/mol. The lowest BCUT2D eigenvalue weighted by Gasteiger charge is -2.02. The van der Waals surface area contributed by atoms with Crippen LogP contribution in [-0.4, -0.2) is 7.11 Å². The Bertz CT molecular complexity index is 502. The molecule has 0 saturated heterocycles. The fourth-order valence-corrected chi connectivity index (χ4v) is 1.19. The number of anilines is 4. The monoisotopic (exact) mass is 318 g/mol. The summed E-state index contributed by atoms with van der Waals surface area (Å²) in [4.78, 5) is 0. The molecule has 0 saturated carbocycles. The first-order valence-corrected chi connectivity index (χ1v) is 5.33. The number of hydrogen-bond acceptors (Lipinski definition) is 5. The van der Waals surface area contributed by atoms with Crippen LogP contribution in [0, 0.1) is 0 Å². The van der Waals surface area contributed by atoms with Gasteiger partial charge in [0.2, 0.25) is 0 Å². The van der Waals surface area contributed by atoms with Crippen molar-refractivity contribution in [2.75, 3.05) is 30.0 Å². The average Bonchev–Trinajstić information content (AvgIpc) is 2.37. The molecule has 8 N–H and O–H groups in total.